The highest BCUT2D eigenvalue weighted by atomic mass is 16.3. The second kappa shape index (κ2) is 10.1. The van der Waals surface area contributed by atoms with E-state index in [9.17, 15) is 14.7 Å². The van der Waals surface area contributed by atoms with Crippen molar-refractivity contribution in [2.24, 2.45) is 0 Å². The molecule has 0 bridgehead atoms. The van der Waals surface area contributed by atoms with Gasteiger partial charge in [-0.15, -0.1) is 0 Å². The first kappa shape index (κ1) is 21.6. The molecular formula is C26H27N3O3. The fourth-order valence-corrected chi connectivity index (χ4v) is 3.92. The number of carbonyl (C=O) groups excluding carboxylic acids is 2. The second-order valence-corrected chi connectivity index (χ2v) is 7.80. The summed E-state index contributed by atoms with van der Waals surface area (Å²) in [6, 6.07) is 26.2. The number of piperazine rings is 1. The first-order valence-corrected chi connectivity index (χ1v) is 10.8. The zero-order chi connectivity index (χ0) is 22.3. The van der Waals surface area contributed by atoms with Crippen molar-refractivity contribution in [2.45, 2.75) is 6.04 Å². The Kier molecular flexibility index (Phi) is 6.82. The van der Waals surface area contributed by atoms with Crippen LogP contribution in [0.1, 0.15) is 10.4 Å². The highest BCUT2D eigenvalue weighted by molar-refractivity contribution is 5.98. The van der Waals surface area contributed by atoms with Crippen molar-refractivity contribution in [1.82, 2.24) is 10.2 Å². The van der Waals surface area contributed by atoms with E-state index in [-0.39, 0.29) is 11.8 Å². The zero-order valence-corrected chi connectivity index (χ0v) is 17.9. The molecule has 6 nitrogen and oxygen atoms in total. The van der Waals surface area contributed by atoms with E-state index in [1.807, 2.05) is 60.7 Å². The lowest BCUT2D eigenvalue weighted by atomic mass is 10.0. The van der Waals surface area contributed by atoms with Crippen LogP contribution in [0, 0.1) is 0 Å². The smallest absolute Gasteiger partial charge is 0.251 e. The zero-order valence-electron chi connectivity index (χ0n) is 17.9. The number of hydrogen-bond acceptors (Lipinski definition) is 4. The van der Waals surface area contributed by atoms with Crippen molar-refractivity contribution in [3.05, 3.63) is 90.5 Å². The lowest BCUT2D eigenvalue weighted by Crippen LogP contribution is -2.56. The fourth-order valence-electron chi connectivity index (χ4n) is 3.92. The summed E-state index contributed by atoms with van der Waals surface area (Å²) in [5.74, 6) is -0.630. The number of benzene rings is 3. The summed E-state index contributed by atoms with van der Waals surface area (Å²) >= 11 is 0. The van der Waals surface area contributed by atoms with Crippen molar-refractivity contribution in [1.29, 1.82) is 0 Å². The highest BCUT2D eigenvalue weighted by Gasteiger charge is 2.28. The van der Waals surface area contributed by atoms with Gasteiger partial charge in [0.2, 0.25) is 5.91 Å². The molecule has 2 amide bonds. The molecule has 1 aliphatic heterocycles. The van der Waals surface area contributed by atoms with Gasteiger partial charge in [-0.2, -0.15) is 0 Å². The Labute approximate surface area is 188 Å². The Balaban J connectivity index is 1.34. The molecule has 1 heterocycles. The van der Waals surface area contributed by atoms with Gasteiger partial charge in [-0.25, -0.2) is 0 Å². The van der Waals surface area contributed by atoms with Crippen LogP contribution in [-0.2, 0) is 4.79 Å². The summed E-state index contributed by atoms with van der Waals surface area (Å²) < 4.78 is 0. The van der Waals surface area contributed by atoms with Gasteiger partial charge in [-0.1, -0.05) is 60.7 Å². The normalized spacial score (nSPS) is 14.7. The maximum atomic E-state index is 12.9. The van der Waals surface area contributed by atoms with E-state index in [0.717, 1.165) is 16.8 Å². The lowest BCUT2D eigenvalue weighted by Gasteiger charge is -2.37. The summed E-state index contributed by atoms with van der Waals surface area (Å²) in [4.78, 5) is 29.5. The summed E-state index contributed by atoms with van der Waals surface area (Å²) in [6.07, 6.45) is 0. The van der Waals surface area contributed by atoms with E-state index in [2.05, 4.69) is 22.3 Å². The maximum Gasteiger partial charge on any atom is 0.251 e. The number of rotatable bonds is 6. The molecule has 6 heteroatoms. The molecule has 0 aliphatic carbocycles. The van der Waals surface area contributed by atoms with E-state index in [0.29, 0.717) is 31.7 Å². The van der Waals surface area contributed by atoms with Crippen LogP contribution < -0.4 is 10.2 Å². The molecule has 0 aromatic heterocycles. The summed E-state index contributed by atoms with van der Waals surface area (Å²) in [5.41, 5.74) is 3.65. The number of nitrogens with one attached hydrogen (secondary N) is 1. The molecule has 32 heavy (non-hydrogen) atoms. The third-order valence-corrected chi connectivity index (χ3v) is 5.75. The Morgan fingerprint density at radius 1 is 0.781 bits per heavy atom. The second-order valence-electron chi connectivity index (χ2n) is 7.80. The number of para-hydroxylation sites is 1. The summed E-state index contributed by atoms with van der Waals surface area (Å²) in [6.45, 7) is 2.08. The number of anilines is 1. The van der Waals surface area contributed by atoms with Crippen LogP contribution in [0.15, 0.2) is 84.9 Å². The van der Waals surface area contributed by atoms with Gasteiger partial charge < -0.3 is 20.2 Å². The maximum absolute atomic E-state index is 12.9. The van der Waals surface area contributed by atoms with Crippen LogP contribution in [-0.4, -0.2) is 60.6 Å². The van der Waals surface area contributed by atoms with Crippen molar-refractivity contribution < 1.29 is 14.7 Å². The van der Waals surface area contributed by atoms with Crippen LogP contribution >= 0.6 is 0 Å². The molecule has 1 unspecified atom stereocenters. The highest BCUT2D eigenvalue weighted by Crippen LogP contribution is 2.19. The molecule has 3 aromatic rings. The first-order valence-electron chi connectivity index (χ1n) is 10.8. The largest absolute Gasteiger partial charge is 0.394 e. The van der Waals surface area contributed by atoms with Gasteiger partial charge in [0.25, 0.3) is 5.91 Å². The first-order chi connectivity index (χ1) is 15.7. The fraction of sp³-hybridized carbons (Fsp3) is 0.231. The van der Waals surface area contributed by atoms with Crippen LogP contribution in [0.5, 0.6) is 0 Å². The molecule has 0 spiro atoms. The number of hydrogen-bond donors (Lipinski definition) is 2. The summed E-state index contributed by atoms with van der Waals surface area (Å²) in [5, 5.41) is 12.5. The van der Waals surface area contributed by atoms with Gasteiger partial charge in [-0.3, -0.25) is 9.59 Å². The van der Waals surface area contributed by atoms with Crippen molar-refractivity contribution in [2.75, 3.05) is 37.7 Å². The third-order valence-electron chi connectivity index (χ3n) is 5.75. The van der Waals surface area contributed by atoms with Crippen LogP contribution in [0.3, 0.4) is 0 Å². The Morgan fingerprint density at radius 2 is 1.34 bits per heavy atom. The van der Waals surface area contributed by atoms with Crippen LogP contribution in [0.2, 0.25) is 0 Å². The van der Waals surface area contributed by atoms with E-state index in [1.54, 1.807) is 17.0 Å². The van der Waals surface area contributed by atoms with Gasteiger partial charge in [0.1, 0.15) is 6.04 Å². The molecule has 1 aliphatic rings. The SMILES string of the molecule is O=C(NC(CO)C(=O)N1CCN(c2ccccc2)CC1)c1ccc(-c2ccccc2)cc1. The Bertz CT molecular complexity index is 1030. The standard InChI is InChI=1S/C26H27N3O3/c30-19-24(26(32)29-17-15-28(16-18-29)23-9-5-2-6-10-23)27-25(31)22-13-11-21(12-14-22)20-7-3-1-4-8-20/h1-14,24,30H,15-19H2,(H,27,31). The molecule has 0 radical (unpaired) electrons. The molecule has 0 saturated carbocycles. The van der Waals surface area contributed by atoms with Gasteiger partial charge in [0.15, 0.2) is 0 Å². The van der Waals surface area contributed by atoms with Crippen LogP contribution in [0.4, 0.5) is 5.69 Å². The molecular weight excluding hydrogens is 402 g/mol. The van der Waals surface area contributed by atoms with Gasteiger partial charge in [0, 0.05) is 37.4 Å². The minimum Gasteiger partial charge on any atom is -0.394 e. The van der Waals surface area contributed by atoms with Crippen molar-refractivity contribution in [3.63, 3.8) is 0 Å². The number of aliphatic hydroxyl groups excluding tert-OH is 1. The Hall–Kier alpha value is -3.64. The van der Waals surface area contributed by atoms with Gasteiger partial charge in [-0.05, 0) is 35.4 Å². The van der Waals surface area contributed by atoms with E-state index in [1.165, 1.54) is 0 Å². The van der Waals surface area contributed by atoms with Gasteiger partial charge >= 0.3 is 0 Å². The molecule has 2 N–H and O–H groups in total. The lowest BCUT2D eigenvalue weighted by molar-refractivity contribution is -0.134. The average Bonchev–Trinajstić information content (AvgIpc) is 2.88. The summed E-state index contributed by atoms with van der Waals surface area (Å²) in [7, 11) is 0. The van der Waals surface area contributed by atoms with Crippen LogP contribution in [0.25, 0.3) is 11.1 Å². The molecule has 164 valence electrons. The topological polar surface area (TPSA) is 72.9 Å². The monoisotopic (exact) mass is 429 g/mol. The van der Waals surface area contributed by atoms with Crippen molar-refractivity contribution in [3.8, 4) is 11.1 Å². The minimum absolute atomic E-state index is 0.255. The predicted octanol–water partition coefficient (Wildman–Crippen LogP) is 2.79. The molecule has 1 atom stereocenters. The predicted molar refractivity (Wildman–Crippen MR) is 125 cm³/mol. The number of nitrogens with zero attached hydrogens (tertiary/aromatic N) is 2. The average molecular weight is 430 g/mol. The molecule has 1 saturated heterocycles. The molecule has 1 fully saturated rings. The number of amides is 2. The quantitative estimate of drug-likeness (QED) is 0.632. The van der Waals surface area contributed by atoms with Gasteiger partial charge in [0.05, 0.1) is 6.61 Å². The molecule has 3 aromatic carbocycles. The van der Waals surface area contributed by atoms with E-state index >= 15 is 0 Å². The Morgan fingerprint density at radius 3 is 1.94 bits per heavy atom. The van der Waals surface area contributed by atoms with Crippen molar-refractivity contribution >= 4 is 17.5 Å². The third kappa shape index (κ3) is 4.98. The minimum atomic E-state index is -0.959. The number of carbonyl (C=O) groups is 2. The number of aliphatic hydroxyl groups is 1. The molecule has 4 rings (SSSR count). The van der Waals surface area contributed by atoms with E-state index in [4.69, 9.17) is 0 Å². The van der Waals surface area contributed by atoms with E-state index < -0.39 is 12.6 Å².